The molecule has 0 aliphatic carbocycles. The molecule has 0 radical (unpaired) electrons. The fraction of sp³-hybridized carbons (Fsp3) is 0.600. The van der Waals surface area contributed by atoms with E-state index >= 15 is 0 Å². The van der Waals surface area contributed by atoms with Crippen molar-refractivity contribution < 1.29 is 8.42 Å². The van der Waals surface area contributed by atoms with Crippen LogP contribution >= 0.6 is 11.6 Å². The molecule has 0 spiro atoms. The molecule has 4 nitrogen and oxygen atoms in total. The summed E-state index contributed by atoms with van der Waals surface area (Å²) in [4.78, 5) is 3.18. The van der Waals surface area contributed by atoms with Crippen molar-refractivity contribution >= 4 is 21.6 Å². The molecular weight excluding hydrogens is 248 g/mol. The number of nitrogens with one attached hydrogen (secondary N) is 1. The van der Waals surface area contributed by atoms with Crippen LogP contribution in [0.5, 0.6) is 0 Å². The molecule has 1 aliphatic rings. The fourth-order valence-electron chi connectivity index (χ4n) is 1.91. The summed E-state index contributed by atoms with van der Waals surface area (Å²) >= 11 is 5.63. The summed E-state index contributed by atoms with van der Waals surface area (Å²) in [6.07, 6.45) is 2.45. The maximum atomic E-state index is 12.2. The molecule has 1 aromatic rings. The molecular formula is C10H15ClN2O2S. The summed E-state index contributed by atoms with van der Waals surface area (Å²) in [7, 11) is -3.32. The van der Waals surface area contributed by atoms with Crippen molar-refractivity contribution in [1.29, 1.82) is 0 Å². The maximum absolute atomic E-state index is 12.2. The summed E-state index contributed by atoms with van der Waals surface area (Å²) in [5.74, 6) is 0.743. The van der Waals surface area contributed by atoms with E-state index in [2.05, 4.69) is 11.9 Å². The smallest absolute Gasteiger partial charge is 0.244 e. The van der Waals surface area contributed by atoms with Crippen LogP contribution in [0.25, 0.3) is 0 Å². The standard InChI is InChI=1S/C10H15ClN2O2S/c1-8-2-3-13(7-8)16(14,15)10-4-9(5-11)12-6-10/h4,6,8,12H,2-3,5,7H2,1H3. The summed E-state index contributed by atoms with van der Waals surface area (Å²) in [6, 6.07) is 1.60. The lowest BCUT2D eigenvalue weighted by Crippen LogP contribution is -2.28. The number of aromatic amines is 1. The van der Waals surface area contributed by atoms with E-state index in [1.807, 2.05) is 0 Å². The van der Waals surface area contributed by atoms with E-state index in [4.69, 9.17) is 11.6 Å². The molecule has 0 bridgehead atoms. The van der Waals surface area contributed by atoms with Crippen molar-refractivity contribution in [1.82, 2.24) is 9.29 Å². The summed E-state index contributed by atoms with van der Waals surface area (Å²) in [5.41, 5.74) is 0.729. The van der Waals surface area contributed by atoms with Crippen molar-refractivity contribution in [3.05, 3.63) is 18.0 Å². The third-order valence-electron chi connectivity index (χ3n) is 2.88. The minimum absolute atomic E-state index is 0.298. The van der Waals surface area contributed by atoms with Crippen LogP contribution < -0.4 is 0 Å². The lowest BCUT2D eigenvalue weighted by Gasteiger charge is -2.14. The third-order valence-corrected chi connectivity index (χ3v) is 5.02. The Balaban J connectivity index is 2.25. The number of sulfonamides is 1. The van der Waals surface area contributed by atoms with Crippen LogP contribution in [0.2, 0.25) is 0 Å². The monoisotopic (exact) mass is 262 g/mol. The van der Waals surface area contributed by atoms with Crippen LogP contribution in [-0.2, 0) is 15.9 Å². The van der Waals surface area contributed by atoms with Crippen LogP contribution in [0.4, 0.5) is 0 Å². The molecule has 0 amide bonds. The second kappa shape index (κ2) is 4.39. The van der Waals surface area contributed by atoms with E-state index < -0.39 is 10.0 Å². The molecule has 1 saturated heterocycles. The van der Waals surface area contributed by atoms with Crippen LogP contribution in [0.1, 0.15) is 19.0 Å². The Hall–Kier alpha value is -0.520. The van der Waals surface area contributed by atoms with Gasteiger partial charge in [-0.2, -0.15) is 4.31 Å². The van der Waals surface area contributed by atoms with Crippen molar-refractivity contribution in [2.75, 3.05) is 13.1 Å². The highest BCUT2D eigenvalue weighted by Gasteiger charge is 2.31. The number of rotatable bonds is 3. The van der Waals surface area contributed by atoms with Crippen molar-refractivity contribution in [2.45, 2.75) is 24.1 Å². The fourth-order valence-corrected chi connectivity index (χ4v) is 3.65. The van der Waals surface area contributed by atoms with Gasteiger partial charge in [0.15, 0.2) is 0 Å². The largest absolute Gasteiger partial charge is 0.363 e. The average molecular weight is 263 g/mol. The zero-order valence-electron chi connectivity index (χ0n) is 9.11. The van der Waals surface area contributed by atoms with Crippen LogP contribution in [-0.4, -0.2) is 30.8 Å². The van der Waals surface area contributed by atoms with Gasteiger partial charge in [0.2, 0.25) is 10.0 Å². The minimum atomic E-state index is -3.32. The molecule has 1 unspecified atom stereocenters. The molecule has 2 heterocycles. The first-order valence-corrected chi connectivity index (χ1v) is 7.25. The molecule has 0 aromatic carbocycles. The Bertz CT molecular complexity index is 469. The predicted octanol–water partition coefficient (Wildman–Crippen LogP) is 1.78. The van der Waals surface area contributed by atoms with E-state index in [1.165, 1.54) is 6.20 Å². The third kappa shape index (κ3) is 2.12. The first-order valence-electron chi connectivity index (χ1n) is 5.27. The zero-order valence-corrected chi connectivity index (χ0v) is 10.7. The Labute approximate surface area is 101 Å². The SMILES string of the molecule is CC1CCN(S(=O)(=O)c2c[nH]c(CCl)c2)C1. The molecule has 1 atom stereocenters. The first kappa shape index (κ1) is 12.0. The summed E-state index contributed by atoms with van der Waals surface area (Å²) in [6.45, 7) is 3.30. The lowest BCUT2D eigenvalue weighted by atomic mass is 10.2. The van der Waals surface area contributed by atoms with E-state index in [0.29, 0.717) is 29.8 Å². The van der Waals surface area contributed by atoms with Gasteiger partial charge in [0.1, 0.15) is 0 Å². The molecule has 0 saturated carbocycles. The molecule has 6 heteroatoms. The van der Waals surface area contributed by atoms with Gasteiger partial charge in [-0.05, 0) is 18.4 Å². The molecule has 1 aliphatic heterocycles. The Kier molecular flexibility index (Phi) is 3.28. The van der Waals surface area contributed by atoms with Gasteiger partial charge in [-0.1, -0.05) is 6.92 Å². The van der Waals surface area contributed by atoms with E-state index in [0.717, 1.165) is 12.1 Å². The summed E-state index contributed by atoms with van der Waals surface area (Å²) < 4.78 is 25.9. The first-order chi connectivity index (χ1) is 7.54. The summed E-state index contributed by atoms with van der Waals surface area (Å²) in [5, 5.41) is 0. The van der Waals surface area contributed by atoms with Gasteiger partial charge in [0.25, 0.3) is 0 Å². The Morgan fingerprint density at radius 3 is 2.88 bits per heavy atom. The quantitative estimate of drug-likeness (QED) is 0.845. The maximum Gasteiger partial charge on any atom is 0.244 e. The number of alkyl halides is 1. The molecule has 1 fully saturated rings. The van der Waals surface area contributed by atoms with Crippen molar-refractivity contribution in [3.8, 4) is 0 Å². The number of aromatic nitrogens is 1. The highest BCUT2D eigenvalue weighted by molar-refractivity contribution is 7.89. The van der Waals surface area contributed by atoms with Gasteiger partial charge in [0, 0.05) is 25.0 Å². The number of halogens is 1. The second-order valence-electron chi connectivity index (χ2n) is 4.25. The number of nitrogens with zero attached hydrogens (tertiary/aromatic N) is 1. The predicted molar refractivity (Wildman–Crippen MR) is 62.9 cm³/mol. The van der Waals surface area contributed by atoms with Gasteiger partial charge in [-0.3, -0.25) is 0 Å². The van der Waals surface area contributed by atoms with Crippen LogP contribution in [0.15, 0.2) is 17.2 Å². The number of hydrogen-bond acceptors (Lipinski definition) is 2. The molecule has 1 aromatic heterocycles. The average Bonchev–Trinajstić information content (AvgIpc) is 2.85. The van der Waals surface area contributed by atoms with Gasteiger partial charge in [-0.15, -0.1) is 11.6 Å². The van der Waals surface area contributed by atoms with E-state index in [-0.39, 0.29) is 0 Å². The van der Waals surface area contributed by atoms with E-state index in [1.54, 1.807) is 10.4 Å². The number of hydrogen-bond donors (Lipinski definition) is 1. The van der Waals surface area contributed by atoms with Gasteiger partial charge in [0.05, 0.1) is 10.8 Å². The topological polar surface area (TPSA) is 53.2 Å². The van der Waals surface area contributed by atoms with Gasteiger partial charge >= 0.3 is 0 Å². The zero-order chi connectivity index (χ0) is 11.8. The molecule has 1 N–H and O–H groups in total. The molecule has 2 rings (SSSR count). The minimum Gasteiger partial charge on any atom is -0.363 e. The van der Waals surface area contributed by atoms with Crippen LogP contribution in [0, 0.1) is 5.92 Å². The second-order valence-corrected chi connectivity index (χ2v) is 6.46. The van der Waals surface area contributed by atoms with Crippen molar-refractivity contribution in [3.63, 3.8) is 0 Å². The Morgan fingerprint density at radius 1 is 1.62 bits per heavy atom. The molecule has 16 heavy (non-hydrogen) atoms. The normalized spacial score (nSPS) is 22.8. The van der Waals surface area contributed by atoms with Gasteiger partial charge < -0.3 is 4.98 Å². The van der Waals surface area contributed by atoms with Crippen LogP contribution in [0.3, 0.4) is 0 Å². The Morgan fingerprint density at radius 2 is 2.38 bits per heavy atom. The highest BCUT2D eigenvalue weighted by atomic mass is 35.5. The highest BCUT2D eigenvalue weighted by Crippen LogP contribution is 2.24. The van der Waals surface area contributed by atoms with Gasteiger partial charge in [-0.25, -0.2) is 8.42 Å². The van der Waals surface area contributed by atoms with Crippen molar-refractivity contribution in [2.24, 2.45) is 5.92 Å². The van der Waals surface area contributed by atoms with E-state index in [9.17, 15) is 8.42 Å². The molecule has 90 valence electrons. The number of H-pyrrole nitrogens is 1. The lowest BCUT2D eigenvalue weighted by molar-refractivity contribution is 0.464.